The normalized spacial score (nSPS) is 10.7. The second-order valence-corrected chi connectivity index (χ2v) is 7.27. The quantitative estimate of drug-likeness (QED) is 0.448. The Kier molecular flexibility index (Phi) is 5.45. The van der Waals surface area contributed by atoms with E-state index in [-0.39, 0.29) is 11.7 Å². The van der Waals surface area contributed by atoms with Crippen LogP contribution in [0.25, 0.3) is 11.0 Å². The number of carbonyl (C=O) groups excluding carboxylic acids is 2. The number of furan rings is 1. The van der Waals surface area contributed by atoms with Crippen LogP contribution in [-0.4, -0.2) is 18.9 Å². The van der Waals surface area contributed by atoms with Crippen LogP contribution in [0, 0.1) is 13.8 Å². The summed E-state index contributed by atoms with van der Waals surface area (Å²) in [4.78, 5) is 25.4. The summed E-state index contributed by atoms with van der Waals surface area (Å²) in [5.74, 6) is -0.244. The van der Waals surface area contributed by atoms with Gasteiger partial charge in [0.15, 0.2) is 5.75 Å². The van der Waals surface area contributed by atoms with Gasteiger partial charge in [-0.1, -0.05) is 35.9 Å². The van der Waals surface area contributed by atoms with Gasteiger partial charge >= 0.3 is 0 Å². The largest absolute Gasteiger partial charge is 0.492 e. The van der Waals surface area contributed by atoms with Crippen molar-refractivity contribution in [3.63, 3.8) is 0 Å². The van der Waals surface area contributed by atoms with Gasteiger partial charge in [-0.15, -0.1) is 0 Å². The van der Waals surface area contributed by atoms with Crippen molar-refractivity contribution in [2.75, 3.05) is 17.7 Å². The summed E-state index contributed by atoms with van der Waals surface area (Å²) in [6.45, 7) is 3.89. The average Bonchev–Trinajstić information content (AvgIpc) is 3.12. The number of para-hydroxylation sites is 1. The Morgan fingerprint density at radius 1 is 0.839 bits per heavy atom. The van der Waals surface area contributed by atoms with Crippen molar-refractivity contribution in [1.82, 2.24) is 0 Å². The minimum absolute atomic E-state index is 0.0687. The van der Waals surface area contributed by atoms with Crippen LogP contribution in [0.5, 0.6) is 5.75 Å². The zero-order chi connectivity index (χ0) is 22.0. The van der Waals surface area contributed by atoms with Crippen molar-refractivity contribution in [2.24, 2.45) is 0 Å². The van der Waals surface area contributed by atoms with Gasteiger partial charge in [-0.25, -0.2) is 0 Å². The lowest BCUT2D eigenvalue weighted by Crippen LogP contribution is -2.13. The monoisotopic (exact) mass is 414 g/mol. The van der Waals surface area contributed by atoms with E-state index >= 15 is 0 Å². The molecule has 2 N–H and O–H groups in total. The molecule has 6 nitrogen and oxygen atoms in total. The minimum atomic E-state index is -0.417. The van der Waals surface area contributed by atoms with E-state index in [9.17, 15) is 9.59 Å². The second-order valence-electron chi connectivity index (χ2n) is 7.27. The number of ether oxygens (including phenoxy) is 1. The van der Waals surface area contributed by atoms with Gasteiger partial charge in [0, 0.05) is 16.9 Å². The molecular formula is C25H22N2O4. The molecule has 0 aliphatic heterocycles. The highest BCUT2D eigenvalue weighted by atomic mass is 16.5. The molecule has 1 heterocycles. The molecule has 31 heavy (non-hydrogen) atoms. The van der Waals surface area contributed by atoms with Crippen LogP contribution in [-0.2, 0) is 0 Å². The van der Waals surface area contributed by atoms with E-state index < -0.39 is 5.91 Å². The molecule has 0 fully saturated rings. The van der Waals surface area contributed by atoms with Crippen LogP contribution in [0.3, 0.4) is 0 Å². The predicted molar refractivity (Wildman–Crippen MR) is 121 cm³/mol. The molecule has 2 amide bonds. The second kappa shape index (κ2) is 8.36. The maximum Gasteiger partial charge on any atom is 0.295 e. The number of anilines is 2. The Balaban J connectivity index is 1.63. The highest BCUT2D eigenvalue weighted by molar-refractivity contribution is 6.10. The van der Waals surface area contributed by atoms with E-state index in [4.69, 9.17) is 9.15 Å². The molecule has 0 unspecified atom stereocenters. The zero-order valence-corrected chi connectivity index (χ0v) is 17.5. The topological polar surface area (TPSA) is 80.6 Å². The van der Waals surface area contributed by atoms with Crippen molar-refractivity contribution in [2.45, 2.75) is 13.8 Å². The van der Waals surface area contributed by atoms with Gasteiger partial charge in [-0.05, 0) is 55.8 Å². The molecular weight excluding hydrogens is 392 g/mol. The van der Waals surface area contributed by atoms with Gasteiger partial charge in [-0.2, -0.15) is 0 Å². The zero-order valence-electron chi connectivity index (χ0n) is 17.5. The van der Waals surface area contributed by atoms with Crippen LogP contribution in [0.15, 0.2) is 71.1 Å². The molecule has 0 atom stereocenters. The van der Waals surface area contributed by atoms with Crippen molar-refractivity contribution >= 4 is 34.2 Å². The Labute approximate surface area is 179 Å². The number of rotatable bonds is 5. The third kappa shape index (κ3) is 4.14. The molecule has 0 bridgehead atoms. The molecule has 0 aliphatic rings. The van der Waals surface area contributed by atoms with E-state index in [2.05, 4.69) is 10.6 Å². The maximum absolute atomic E-state index is 12.7. The first-order valence-electron chi connectivity index (χ1n) is 9.82. The Hall–Kier alpha value is -4.06. The third-order valence-electron chi connectivity index (χ3n) is 4.97. The smallest absolute Gasteiger partial charge is 0.295 e. The highest BCUT2D eigenvalue weighted by Gasteiger charge is 2.22. The number of fused-ring (bicyclic) bond motifs is 1. The first-order chi connectivity index (χ1) is 15.0. The number of benzene rings is 3. The lowest BCUT2D eigenvalue weighted by Gasteiger charge is -2.09. The molecule has 4 aromatic rings. The van der Waals surface area contributed by atoms with Gasteiger partial charge in [-0.3, -0.25) is 9.59 Å². The molecule has 0 saturated heterocycles. The van der Waals surface area contributed by atoms with Crippen molar-refractivity contribution in [3.8, 4) is 5.75 Å². The van der Waals surface area contributed by atoms with E-state index in [0.29, 0.717) is 33.7 Å². The molecule has 0 saturated carbocycles. The fourth-order valence-corrected chi connectivity index (χ4v) is 3.48. The van der Waals surface area contributed by atoms with E-state index in [1.165, 1.54) is 7.11 Å². The van der Waals surface area contributed by atoms with Gasteiger partial charge in [0.25, 0.3) is 11.8 Å². The first-order valence-corrected chi connectivity index (χ1v) is 9.82. The Bertz CT molecular complexity index is 1280. The summed E-state index contributed by atoms with van der Waals surface area (Å²) in [7, 11) is 1.48. The van der Waals surface area contributed by atoms with Crippen LogP contribution in [0.2, 0.25) is 0 Å². The summed E-state index contributed by atoms with van der Waals surface area (Å²) < 4.78 is 11.2. The first kappa shape index (κ1) is 20.2. The van der Waals surface area contributed by atoms with Gasteiger partial charge < -0.3 is 19.8 Å². The van der Waals surface area contributed by atoms with Crippen molar-refractivity contribution < 1.29 is 18.7 Å². The molecule has 4 rings (SSSR count). The summed E-state index contributed by atoms with van der Waals surface area (Å²) in [6, 6.07) is 19.9. The molecule has 0 spiro atoms. The summed E-state index contributed by atoms with van der Waals surface area (Å²) in [5, 5.41) is 6.29. The number of hydrogen-bond donors (Lipinski definition) is 2. The maximum atomic E-state index is 12.7. The van der Waals surface area contributed by atoms with Crippen LogP contribution >= 0.6 is 0 Å². The Morgan fingerprint density at radius 3 is 2.29 bits per heavy atom. The average molecular weight is 414 g/mol. The standard InChI is InChI=1S/C25H22N2O4/c1-15-9-11-19(16(2)13-15)24(28)27-18-10-12-21-20(14-18)22(30-3)23(31-21)25(29)26-17-7-5-4-6-8-17/h4-14H,1-3H3,(H,26,29)(H,27,28). The Morgan fingerprint density at radius 2 is 1.58 bits per heavy atom. The number of aryl methyl sites for hydroxylation is 2. The van der Waals surface area contributed by atoms with Crippen LogP contribution in [0.4, 0.5) is 11.4 Å². The summed E-state index contributed by atoms with van der Waals surface area (Å²) in [6.07, 6.45) is 0. The van der Waals surface area contributed by atoms with Crippen LogP contribution in [0.1, 0.15) is 32.0 Å². The minimum Gasteiger partial charge on any atom is -0.492 e. The summed E-state index contributed by atoms with van der Waals surface area (Å²) >= 11 is 0. The highest BCUT2D eigenvalue weighted by Crippen LogP contribution is 2.35. The number of nitrogens with one attached hydrogen (secondary N) is 2. The molecule has 0 radical (unpaired) electrons. The van der Waals surface area contributed by atoms with E-state index in [1.54, 1.807) is 30.3 Å². The molecule has 1 aromatic heterocycles. The van der Waals surface area contributed by atoms with Gasteiger partial charge in [0.05, 0.1) is 12.5 Å². The number of amides is 2. The summed E-state index contributed by atoms with van der Waals surface area (Å²) in [5.41, 5.74) is 4.31. The molecule has 6 heteroatoms. The lowest BCUT2D eigenvalue weighted by atomic mass is 10.1. The predicted octanol–water partition coefficient (Wildman–Crippen LogP) is 5.56. The number of methoxy groups -OCH3 is 1. The molecule has 3 aromatic carbocycles. The van der Waals surface area contributed by atoms with Gasteiger partial charge in [0.1, 0.15) is 5.58 Å². The third-order valence-corrected chi connectivity index (χ3v) is 4.97. The lowest BCUT2D eigenvalue weighted by molar-refractivity contribution is 0.0992. The number of hydrogen-bond acceptors (Lipinski definition) is 4. The number of carbonyl (C=O) groups is 2. The van der Waals surface area contributed by atoms with Crippen LogP contribution < -0.4 is 15.4 Å². The SMILES string of the molecule is COc1c(C(=O)Nc2ccccc2)oc2ccc(NC(=O)c3ccc(C)cc3C)cc12. The molecule has 156 valence electrons. The van der Waals surface area contributed by atoms with Crippen molar-refractivity contribution in [3.05, 3.63) is 89.2 Å². The van der Waals surface area contributed by atoms with Crippen molar-refractivity contribution in [1.29, 1.82) is 0 Å². The van der Waals surface area contributed by atoms with Gasteiger partial charge in [0.2, 0.25) is 5.76 Å². The van der Waals surface area contributed by atoms with E-state index in [0.717, 1.165) is 11.1 Å². The fourth-order valence-electron chi connectivity index (χ4n) is 3.48. The molecule has 0 aliphatic carbocycles. The van der Waals surface area contributed by atoms with E-state index in [1.807, 2.05) is 50.2 Å². The fraction of sp³-hybridized carbons (Fsp3) is 0.120.